The first-order valence-corrected chi connectivity index (χ1v) is 10.3. The van der Waals surface area contributed by atoms with Crippen LogP contribution in [0, 0.1) is 58.2 Å². The molecule has 0 N–H and O–H groups in total. The van der Waals surface area contributed by atoms with Crippen molar-refractivity contribution < 1.29 is 43.9 Å². The summed E-state index contributed by atoms with van der Waals surface area (Å²) in [5.41, 5.74) is -1.74. The van der Waals surface area contributed by atoms with Gasteiger partial charge in [0.2, 0.25) is 11.6 Å². The first-order chi connectivity index (χ1) is 18.0. The van der Waals surface area contributed by atoms with Crippen molar-refractivity contribution in [2.75, 3.05) is 0 Å². The van der Waals surface area contributed by atoms with Crippen molar-refractivity contribution in [3.63, 3.8) is 0 Å². The average molecular weight is 542 g/mol. The maximum atomic E-state index is 14.1. The molecule has 5 aromatic rings. The summed E-state index contributed by atoms with van der Waals surface area (Å²) in [6.07, 6.45) is 1.96. The highest BCUT2D eigenvalue weighted by atomic mass is 19.2. The van der Waals surface area contributed by atoms with E-state index >= 15 is 0 Å². The Hall–Kier alpha value is -4.62. The zero-order valence-corrected chi connectivity index (χ0v) is 18.2. The molecule has 0 amide bonds. The average Bonchev–Trinajstić information content (AvgIpc) is 3.60. The fraction of sp³-hybridized carbons (Fsp3) is 0. The van der Waals surface area contributed by atoms with Crippen LogP contribution < -0.4 is 0 Å². The molecule has 0 saturated heterocycles. The van der Waals surface area contributed by atoms with Crippen molar-refractivity contribution in [3.05, 3.63) is 107 Å². The van der Waals surface area contributed by atoms with Gasteiger partial charge in [0.1, 0.15) is 11.4 Å². The molecule has 2 aromatic heterocycles. The largest absolute Gasteiger partial charge is 0.234 e. The Morgan fingerprint density at radius 2 is 0.632 bits per heavy atom. The first-order valence-electron chi connectivity index (χ1n) is 10.3. The van der Waals surface area contributed by atoms with Crippen LogP contribution in [0.5, 0.6) is 0 Å². The third kappa shape index (κ3) is 3.79. The third-order valence-electron chi connectivity index (χ3n) is 5.49. The minimum atomic E-state index is -2.31. The van der Waals surface area contributed by atoms with Gasteiger partial charge in [-0.2, -0.15) is 10.2 Å². The Bertz CT molecular complexity index is 1540. The molecular formula is C24H8F10N4. The molecule has 0 spiro atoms. The highest BCUT2D eigenvalue weighted by molar-refractivity contribution is 5.66. The maximum absolute atomic E-state index is 14.1. The molecule has 0 radical (unpaired) electrons. The van der Waals surface area contributed by atoms with Crippen LogP contribution in [-0.4, -0.2) is 19.6 Å². The van der Waals surface area contributed by atoms with E-state index in [1.807, 2.05) is 0 Å². The Morgan fingerprint density at radius 3 is 0.921 bits per heavy atom. The molecular weight excluding hydrogens is 534 g/mol. The lowest BCUT2D eigenvalue weighted by molar-refractivity contribution is 0.374. The lowest BCUT2D eigenvalue weighted by Gasteiger charge is -2.08. The molecule has 0 atom stereocenters. The van der Waals surface area contributed by atoms with Gasteiger partial charge in [-0.05, 0) is 12.1 Å². The summed E-state index contributed by atoms with van der Waals surface area (Å²) in [7, 11) is 0. The molecule has 4 nitrogen and oxygen atoms in total. The van der Waals surface area contributed by atoms with Crippen LogP contribution in [0.2, 0.25) is 0 Å². The van der Waals surface area contributed by atoms with Crippen LogP contribution >= 0.6 is 0 Å². The number of benzene rings is 3. The van der Waals surface area contributed by atoms with Crippen LogP contribution in [-0.2, 0) is 0 Å². The van der Waals surface area contributed by atoms with E-state index in [0.717, 1.165) is 12.4 Å². The Labute approximate surface area is 205 Å². The molecule has 0 unspecified atom stereocenters. The van der Waals surface area contributed by atoms with E-state index in [4.69, 9.17) is 0 Å². The number of nitrogens with zero attached hydrogens (tertiary/aromatic N) is 4. The second-order valence-corrected chi connectivity index (χ2v) is 7.71. The minimum absolute atomic E-state index is 0.0763. The molecule has 3 aromatic carbocycles. The van der Waals surface area contributed by atoms with E-state index in [-0.39, 0.29) is 11.4 Å². The summed E-state index contributed by atoms with van der Waals surface area (Å²) in [5, 5.41) is 7.70. The molecule has 0 saturated carbocycles. The van der Waals surface area contributed by atoms with Gasteiger partial charge in [0, 0.05) is 23.5 Å². The van der Waals surface area contributed by atoms with E-state index in [9.17, 15) is 43.9 Å². The SMILES string of the molecule is Fc1c(F)c(F)c(-n2ccc(-c3ccc(-c4ccn(-c5c(F)c(F)c(F)c(F)c5F)n4)cc3)n2)c(F)c1F. The summed E-state index contributed by atoms with van der Waals surface area (Å²) >= 11 is 0. The number of hydrogen-bond donors (Lipinski definition) is 0. The molecule has 5 rings (SSSR count). The molecule has 0 fully saturated rings. The van der Waals surface area contributed by atoms with Gasteiger partial charge >= 0.3 is 0 Å². The number of halogens is 10. The van der Waals surface area contributed by atoms with Gasteiger partial charge < -0.3 is 0 Å². The van der Waals surface area contributed by atoms with Gasteiger partial charge in [0.05, 0.1) is 11.4 Å². The topological polar surface area (TPSA) is 35.6 Å². The summed E-state index contributed by atoms with van der Waals surface area (Å²) in [6.45, 7) is 0. The fourth-order valence-electron chi connectivity index (χ4n) is 3.61. The quantitative estimate of drug-likeness (QED) is 0.143. The Morgan fingerprint density at radius 1 is 0.368 bits per heavy atom. The summed E-state index contributed by atoms with van der Waals surface area (Å²) in [6, 6.07) is 8.20. The smallest absolute Gasteiger partial charge is 0.200 e. The fourth-order valence-corrected chi connectivity index (χ4v) is 3.61. The van der Waals surface area contributed by atoms with Crippen molar-refractivity contribution >= 4 is 0 Å². The van der Waals surface area contributed by atoms with Crippen LogP contribution in [0.3, 0.4) is 0 Å². The first kappa shape index (κ1) is 25.0. The molecule has 2 heterocycles. The van der Waals surface area contributed by atoms with E-state index in [1.54, 1.807) is 0 Å². The number of hydrogen-bond acceptors (Lipinski definition) is 2. The zero-order valence-electron chi connectivity index (χ0n) is 18.2. The molecule has 0 bridgehead atoms. The van der Waals surface area contributed by atoms with Crippen LogP contribution in [0.1, 0.15) is 0 Å². The van der Waals surface area contributed by atoms with Crippen LogP contribution in [0.25, 0.3) is 33.9 Å². The molecule has 194 valence electrons. The van der Waals surface area contributed by atoms with Gasteiger partial charge in [-0.1, -0.05) is 24.3 Å². The van der Waals surface area contributed by atoms with Crippen molar-refractivity contribution in [2.45, 2.75) is 0 Å². The molecule has 0 aliphatic rings. The van der Waals surface area contributed by atoms with E-state index < -0.39 is 69.5 Å². The second-order valence-electron chi connectivity index (χ2n) is 7.71. The summed E-state index contributed by atoms with van der Waals surface area (Å²) in [5.74, 6) is -21.4. The highest BCUT2D eigenvalue weighted by Crippen LogP contribution is 2.30. The molecule has 0 aliphatic heterocycles. The van der Waals surface area contributed by atoms with Crippen molar-refractivity contribution in [1.82, 2.24) is 19.6 Å². The van der Waals surface area contributed by atoms with Crippen LogP contribution in [0.15, 0.2) is 48.8 Å². The van der Waals surface area contributed by atoms with Crippen molar-refractivity contribution in [3.8, 4) is 33.9 Å². The monoisotopic (exact) mass is 542 g/mol. The van der Waals surface area contributed by atoms with Gasteiger partial charge in [-0.3, -0.25) is 0 Å². The lowest BCUT2D eigenvalue weighted by atomic mass is 10.1. The zero-order chi connectivity index (χ0) is 27.5. The molecule has 14 heteroatoms. The predicted octanol–water partition coefficient (Wildman–Crippen LogP) is 6.78. The summed E-state index contributed by atoms with van der Waals surface area (Å²) < 4.78 is 138. The highest BCUT2D eigenvalue weighted by Gasteiger charge is 2.28. The van der Waals surface area contributed by atoms with Gasteiger partial charge in [0.15, 0.2) is 46.5 Å². The van der Waals surface area contributed by atoms with Crippen molar-refractivity contribution in [2.24, 2.45) is 0 Å². The van der Waals surface area contributed by atoms with E-state index in [2.05, 4.69) is 10.2 Å². The van der Waals surface area contributed by atoms with E-state index in [1.165, 1.54) is 36.4 Å². The molecule has 0 aliphatic carbocycles. The van der Waals surface area contributed by atoms with Crippen molar-refractivity contribution in [1.29, 1.82) is 0 Å². The number of aromatic nitrogens is 4. The van der Waals surface area contributed by atoms with Gasteiger partial charge in [0.25, 0.3) is 0 Å². The summed E-state index contributed by atoms with van der Waals surface area (Å²) in [4.78, 5) is 0. The minimum Gasteiger partial charge on any atom is -0.234 e. The second kappa shape index (κ2) is 9.04. The molecule has 38 heavy (non-hydrogen) atoms. The maximum Gasteiger partial charge on any atom is 0.200 e. The predicted molar refractivity (Wildman–Crippen MR) is 111 cm³/mol. The van der Waals surface area contributed by atoms with E-state index in [0.29, 0.717) is 20.5 Å². The van der Waals surface area contributed by atoms with Gasteiger partial charge in [-0.25, -0.2) is 53.3 Å². The number of rotatable bonds is 4. The Balaban J connectivity index is 1.46. The Kier molecular flexibility index (Phi) is 5.96. The van der Waals surface area contributed by atoms with Crippen LogP contribution in [0.4, 0.5) is 43.9 Å². The van der Waals surface area contributed by atoms with Gasteiger partial charge in [-0.15, -0.1) is 0 Å². The third-order valence-corrected chi connectivity index (χ3v) is 5.49. The lowest BCUT2D eigenvalue weighted by Crippen LogP contribution is -2.10. The standard InChI is InChI=1S/C24H8F10N4/c25-13-15(27)19(31)23(20(32)16(13)28)37-7-5-11(35-37)9-1-2-10(4-3-9)12-6-8-38(36-12)24-21(33)17(29)14(26)18(30)22(24)34/h1-8H. The normalized spacial score (nSPS) is 11.4.